The molecule has 1 aromatic rings. The molecule has 2 rings (SSSR count). The van der Waals surface area contributed by atoms with Crippen LogP contribution in [0.1, 0.15) is 12.0 Å². The van der Waals surface area contributed by atoms with Crippen LogP contribution in [0.2, 0.25) is 0 Å². The average Bonchev–Trinajstić information content (AvgIpc) is 2.48. The topological polar surface area (TPSA) is 80.5 Å². The van der Waals surface area contributed by atoms with Gasteiger partial charge >= 0.3 is 0 Å². The molecule has 0 spiro atoms. The Bertz CT molecular complexity index is 489. The van der Waals surface area contributed by atoms with Crippen molar-refractivity contribution in [1.82, 2.24) is 9.88 Å². The SMILES string of the molecule is NC(=S)c1ccnc(NCCC(=O)N2CCOCC2)c1. The van der Waals surface area contributed by atoms with Gasteiger partial charge in [0.15, 0.2) is 0 Å². The summed E-state index contributed by atoms with van der Waals surface area (Å²) >= 11 is 4.91. The number of aromatic nitrogens is 1. The predicted molar refractivity (Wildman–Crippen MR) is 80.6 cm³/mol. The van der Waals surface area contributed by atoms with Gasteiger partial charge in [-0.15, -0.1) is 0 Å². The highest BCUT2D eigenvalue weighted by molar-refractivity contribution is 7.80. The molecule has 0 aliphatic carbocycles. The first-order valence-corrected chi connectivity index (χ1v) is 6.93. The summed E-state index contributed by atoms with van der Waals surface area (Å²) in [5.41, 5.74) is 6.32. The van der Waals surface area contributed by atoms with Crippen LogP contribution in [0.5, 0.6) is 0 Å². The second-order valence-corrected chi connectivity index (χ2v) is 4.90. The number of nitrogens with zero attached hydrogens (tertiary/aromatic N) is 2. The fourth-order valence-electron chi connectivity index (χ4n) is 1.95. The maximum atomic E-state index is 11.9. The maximum absolute atomic E-state index is 11.9. The van der Waals surface area contributed by atoms with Crippen molar-refractivity contribution in [2.75, 3.05) is 38.2 Å². The Morgan fingerprint density at radius 2 is 2.25 bits per heavy atom. The van der Waals surface area contributed by atoms with Crippen molar-refractivity contribution in [3.8, 4) is 0 Å². The minimum absolute atomic E-state index is 0.131. The summed E-state index contributed by atoms with van der Waals surface area (Å²) in [6.07, 6.45) is 2.07. The molecule has 1 amide bonds. The number of ether oxygens (including phenoxy) is 1. The van der Waals surface area contributed by atoms with Crippen molar-refractivity contribution >= 4 is 28.9 Å². The van der Waals surface area contributed by atoms with E-state index in [1.807, 2.05) is 4.90 Å². The van der Waals surface area contributed by atoms with Crippen molar-refractivity contribution in [3.63, 3.8) is 0 Å². The van der Waals surface area contributed by atoms with Crippen LogP contribution in [-0.4, -0.2) is 53.6 Å². The minimum atomic E-state index is 0.131. The van der Waals surface area contributed by atoms with E-state index in [4.69, 9.17) is 22.7 Å². The second-order valence-electron chi connectivity index (χ2n) is 4.46. The molecule has 3 N–H and O–H groups in total. The second kappa shape index (κ2) is 7.16. The van der Waals surface area contributed by atoms with Crippen LogP contribution >= 0.6 is 12.2 Å². The quantitative estimate of drug-likeness (QED) is 0.764. The Morgan fingerprint density at radius 3 is 2.95 bits per heavy atom. The zero-order valence-electron chi connectivity index (χ0n) is 11.2. The zero-order valence-corrected chi connectivity index (χ0v) is 12.0. The highest BCUT2D eigenvalue weighted by atomic mass is 32.1. The van der Waals surface area contributed by atoms with Crippen molar-refractivity contribution in [1.29, 1.82) is 0 Å². The summed E-state index contributed by atoms with van der Waals surface area (Å²) in [6, 6.07) is 3.54. The lowest BCUT2D eigenvalue weighted by Gasteiger charge is -2.26. The number of carbonyl (C=O) groups excluding carboxylic acids is 1. The van der Waals surface area contributed by atoms with Gasteiger partial charge < -0.3 is 20.7 Å². The lowest BCUT2D eigenvalue weighted by Crippen LogP contribution is -2.41. The molecule has 1 fully saturated rings. The molecule has 1 saturated heterocycles. The molecule has 0 radical (unpaired) electrons. The van der Waals surface area contributed by atoms with Crippen LogP contribution in [0.4, 0.5) is 5.82 Å². The molecular formula is C13H18N4O2S. The number of nitrogens with two attached hydrogens (primary N) is 1. The molecule has 6 nitrogen and oxygen atoms in total. The first kappa shape index (κ1) is 14.7. The number of hydrogen-bond donors (Lipinski definition) is 2. The number of nitrogens with one attached hydrogen (secondary N) is 1. The molecule has 0 atom stereocenters. The van der Waals surface area contributed by atoms with Crippen LogP contribution < -0.4 is 11.1 Å². The highest BCUT2D eigenvalue weighted by Crippen LogP contribution is 2.07. The summed E-state index contributed by atoms with van der Waals surface area (Å²) in [7, 11) is 0. The number of amides is 1. The molecule has 1 aliphatic heterocycles. The van der Waals surface area contributed by atoms with Gasteiger partial charge in [0, 0.05) is 37.8 Å². The standard InChI is InChI=1S/C13H18N4O2S/c14-13(20)10-1-3-15-11(9-10)16-4-2-12(18)17-5-7-19-8-6-17/h1,3,9H,2,4-8H2,(H2,14,20)(H,15,16). The van der Waals surface area contributed by atoms with Gasteiger partial charge in [-0.3, -0.25) is 4.79 Å². The lowest BCUT2D eigenvalue weighted by molar-refractivity contribution is -0.134. The molecular weight excluding hydrogens is 276 g/mol. The average molecular weight is 294 g/mol. The summed E-state index contributed by atoms with van der Waals surface area (Å²) in [5.74, 6) is 0.802. The van der Waals surface area contributed by atoms with E-state index in [2.05, 4.69) is 10.3 Å². The van der Waals surface area contributed by atoms with Crippen LogP contribution in [-0.2, 0) is 9.53 Å². The number of thiocarbonyl (C=S) groups is 1. The summed E-state index contributed by atoms with van der Waals surface area (Å²) in [5, 5.41) is 3.10. The zero-order chi connectivity index (χ0) is 14.4. The number of pyridine rings is 1. The largest absolute Gasteiger partial charge is 0.389 e. The van der Waals surface area contributed by atoms with Gasteiger partial charge in [0.1, 0.15) is 10.8 Å². The molecule has 0 aromatic carbocycles. The van der Waals surface area contributed by atoms with Crippen molar-refractivity contribution in [2.24, 2.45) is 5.73 Å². The fraction of sp³-hybridized carbons (Fsp3) is 0.462. The van der Waals surface area contributed by atoms with Gasteiger partial charge in [0.2, 0.25) is 5.91 Å². The molecule has 0 bridgehead atoms. The van der Waals surface area contributed by atoms with E-state index in [1.54, 1.807) is 18.3 Å². The Morgan fingerprint density at radius 1 is 1.50 bits per heavy atom. The molecule has 2 heterocycles. The Balaban J connectivity index is 1.79. The molecule has 108 valence electrons. The summed E-state index contributed by atoms with van der Waals surface area (Å²) in [6.45, 7) is 3.12. The number of anilines is 1. The van der Waals surface area contributed by atoms with Crippen LogP contribution in [0.25, 0.3) is 0 Å². The monoisotopic (exact) mass is 294 g/mol. The first-order chi connectivity index (χ1) is 9.66. The van der Waals surface area contributed by atoms with Crippen LogP contribution in [0, 0.1) is 0 Å². The molecule has 1 aliphatic rings. The molecule has 7 heteroatoms. The minimum Gasteiger partial charge on any atom is -0.389 e. The Labute approximate surface area is 123 Å². The number of carbonyl (C=O) groups is 1. The van der Waals surface area contributed by atoms with Crippen molar-refractivity contribution in [2.45, 2.75) is 6.42 Å². The molecule has 20 heavy (non-hydrogen) atoms. The maximum Gasteiger partial charge on any atom is 0.224 e. The van der Waals surface area contributed by atoms with Gasteiger partial charge in [-0.1, -0.05) is 12.2 Å². The number of morpholine rings is 1. The van der Waals surface area contributed by atoms with E-state index in [-0.39, 0.29) is 5.91 Å². The normalized spacial score (nSPS) is 14.9. The van der Waals surface area contributed by atoms with Gasteiger partial charge in [0.25, 0.3) is 0 Å². The highest BCUT2D eigenvalue weighted by Gasteiger charge is 2.15. The third-order valence-electron chi connectivity index (χ3n) is 3.05. The van der Waals surface area contributed by atoms with E-state index in [9.17, 15) is 4.79 Å². The van der Waals surface area contributed by atoms with Gasteiger partial charge in [-0.25, -0.2) is 4.98 Å². The van der Waals surface area contributed by atoms with Crippen molar-refractivity contribution < 1.29 is 9.53 Å². The van der Waals surface area contributed by atoms with E-state index in [0.29, 0.717) is 50.1 Å². The summed E-state index contributed by atoms with van der Waals surface area (Å²) in [4.78, 5) is 18.2. The third kappa shape index (κ3) is 4.14. The van der Waals surface area contributed by atoms with Gasteiger partial charge in [0.05, 0.1) is 13.2 Å². The Kier molecular flexibility index (Phi) is 5.25. The number of rotatable bonds is 5. The molecule has 0 unspecified atom stereocenters. The molecule has 1 aromatic heterocycles. The Hall–Kier alpha value is -1.73. The third-order valence-corrected chi connectivity index (χ3v) is 3.29. The van der Waals surface area contributed by atoms with Crippen LogP contribution in [0.15, 0.2) is 18.3 Å². The fourth-order valence-corrected chi connectivity index (χ4v) is 2.08. The number of hydrogen-bond acceptors (Lipinski definition) is 5. The van der Waals surface area contributed by atoms with Gasteiger partial charge in [-0.05, 0) is 12.1 Å². The predicted octanol–water partition coefficient (Wildman–Crippen LogP) is 0.377. The smallest absolute Gasteiger partial charge is 0.224 e. The first-order valence-electron chi connectivity index (χ1n) is 6.52. The van der Waals surface area contributed by atoms with Gasteiger partial charge in [-0.2, -0.15) is 0 Å². The van der Waals surface area contributed by atoms with E-state index < -0.39 is 0 Å². The van der Waals surface area contributed by atoms with Crippen LogP contribution in [0.3, 0.4) is 0 Å². The van der Waals surface area contributed by atoms with Crippen molar-refractivity contribution in [3.05, 3.63) is 23.9 Å². The molecule has 0 saturated carbocycles. The summed E-state index contributed by atoms with van der Waals surface area (Å²) < 4.78 is 5.22. The lowest BCUT2D eigenvalue weighted by atomic mass is 10.2. The van der Waals surface area contributed by atoms with E-state index in [0.717, 1.165) is 5.56 Å². The van der Waals surface area contributed by atoms with E-state index in [1.165, 1.54) is 0 Å². The van der Waals surface area contributed by atoms with E-state index >= 15 is 0 Å².